The van der Waals surface area contributed by atoms with Crippen LogP contribution in [0, 0.1) is 13.8 Å². The van der Waals surface area contributed by atoms with Crippen LogP contribution < -0.4 is 4.90 Å². The molecule has 176 valence electrons. The van der Waals surface area contributed by atoms with Crippen molar-refractivity contribution in [3.05, 3.63) is 46.8 Å². The molecule has 2 aliphatic heterocycles. The highest BCUT2D eigenvalue weighted by Gasteiger charge is 2.33. The molecule has 1 aliphatic carbocycles. The number of hydrogen-bond acceptors (Lipinski definition) is 4. The summed E-state index contributed by atoms with van der Waals surface area (Å²) in [5, 5.41) is 0. The number of carbonyl (C=O) groups excluding carboxylic acids is 1. The van der Waals surface area contributed by atoms with Crippen LogP contribution in [0.3, 0.4) is 0 Å². The number of morpholine rings is 1. The van der Waals surface area contributed by atoms with E-state index in [4.69, 9.17) is 4.74 Å². The summed E-state index contributed by atoms with van der Waals surface area (Å²) >= 11 is 0. The largest absolute Gasteiger partial charge is 0.379 e. The van der Waals surface area contributed by atoms with E-state index >= 15 is 0 Å². The summed E-state index contributed by atoms with van der Waals surface area (Å²) in [4.78, 5) is 15.0. The standard InChI is InChI=1S/C25H31N3O4S/c1-17-14-19(18(2)28(17)20-6-4-5-7-20)15-23-22-16-21(8-9-24(22)26(3)25(23)29)33(30,31)27-10-12-32-13-11-27/h8-9,14-16,20H,4-7,10-13H2,1-3H3. The van der Waals surface area contributed by atoms with Crippen LogP contribution in [0.2, 0.25) is 0 Å². The minimum Gasteiger partial charge on any atom is -0.379 e. The molecule has 3 heterocycles. The van der Waals surface area contributed by atoms with Crippen molar-refractivity contribution in [2.75, 3.05) is 38.3 Å². The molecule has 0 radical (unpaired) electrons. The molecule has 1 aromatic carbocycles. The predicted octanol–water partition coefficient (Wildman–Crippen LogP) is 3.76. The number of likely N-dealkylation sites (N-methyl/N-ethyl adjacent to an activating group) is 1. The van der Waals surface area contributed by atoms with E-state index in [1.807, 2.05) is 6.08 Å². The predicted molar refractivity (Wildman–Crippen MR) is 129 cm³/mol. The fourth-order valence-corrected chi connectivity index (χ4v) is 6.93. The van der Waals surface area contributed by atoms with Gasteiger partial charge in [-0.25, -0.2) is 8.42 Å². The Balaban J connectivity index is 1.56. The highest BCUT2D eigenvalue weighted by Crippen LogP contribution is 2.40. The molecular formula is C25H31N3O4S. The molecule has 8 heteroatoms. The Morgan fingerprint density at radius 2 is 1.76 bits per heavy atom. The van der Waals surface area contributed by atoms with Crippen molar-refractivity contribution in [3.63, 3.8) is 0 Å². The Kier molecular flexibility index (Phi) is 5.71. The van der Waals surface area contributed by atoms with Crippen LogP contribution in [0.1, 0.15) is 54.2 Å². The van der Waals surface area contributed by atoms with Gasteiger partial charge in [0.1, 0.15) is 0 Å². The summed E-state index contributed by atoms with van der Waals surface area (Å²) in [5.74, 6) is -0.114. The lowest BCUT2D eigenvalue weighted by molar-refractivity contribution is -0.112. The van der Waals surface area contributed by atoms with Crippen molar-refractivity contribution < 1.29 is 17.9 Å². The molecule has 0 unspecified atom stereocenters. The highest BCUT2D eigenvalue weighted by molar-refractivity contribution is 7.89. The molecule has 1 aromatic heterocycles. The molecule has 0 N–H and O–H groups in total. The van der Waals surface area contributed by atoms with Gasteiger partial charge in [-0.1, -0.05) is 12.8 Å². The first-order valence-corrected chi connectivity index (χ1v) is 13.1. The number of hydrogen-bond donors (Lipinski definition) is 0. The minimum atomic E-state index is -3.64. The molecule has 0 atom stereocenters. The van der Waals surface area contributed by atoms with E-state index in [1.54, 1.807) is 30.1 Å². The van der Waals surface area contributed by atoms with Gasteiger partial charge in [-0.15, -0.1) is 0 Å². The lowest BCUT2D eigenvalue weighted by Gasteiger charge is -2.26. The van der Waals surface area contributed by atoms with E-state index in [1.165, 1.54) is 35.7 Å². The second-order valence-electron chi connectivity index (χ2n) is 9.25. The number of nitrogens with zero attached hydrogens (tertiary/aromatic N) is 3. The summed E-state index contributed by atoms with van der Waals surface area (Å²) in [6.45, 7) is 5.71. The third-order valence-corrected chi connectivity index (χ3v) is 9.17. The van der Waals surface area contributed by atoms with Crippen molar-refractivity contribution in [2.45, 2.75) is 50.5 Å². The number of anilines is 1. The van der Waals surface area contributed by atoms with Gasteiger partial charge in [0.15, 0.2) is 0 Å². The first-order valence-electron chi connectivity index (χ1n) is 11.7. The summed E-state index contributed by atoms with van der Waals surface area (Å²) in [6.07, 6.45) is 6.84. The van der Waals surface area contributed by atoms with Gasteiger partial charge in [0, 0.05) is 48.7 Å². The quantitative estimate of drug-likeness (QED) is 0.640. The maximum absolute atomic E-state index is 13.2. The molecule has 3 aliphatic rings. The number of benzene rings is 1. The molecule has 1 saturated carbocycles. The van der Waals surface area contributed by atoms with Gasteiger partial charge >= 0.3 is 0 Å². The molecule has 0 spiro atoms. The van der Waals surface area contributed by atoms with Crippen LogP contribution in [0.4, 0.5) is 5.69 Å². The summed E-state index contributed by atoms with van der Waals surface area (Å²) in [5.41, 5.74) is 5.32. The van der Waals surface area contributed by atoms with Crippen LogP contribution in [0.15, 0.2) is 29.2 Å². The zero-order valence-corrected chi connectivity index (χ0v) is 20.3. The van der Waals surface area contributed by atoms with Crippen LogP contribution in [0.5, 0.6) is 0 Å². The van der Waals surface area contributed by atoms with Crippen molar-refractivity contribution in [1.82, 2.24) is 8.87 Å². The number of amides is 1. The Hall–Kier alpha value is -2.42. The maximum Gasteiger partial charge on any atom is 0.258 e. The van der Waals surface area contributed by atoms with Crippen molar-refractivity contribution in [1.29, 1.82) is 0 Å². The van der Waals surface area contributed by atoms with Crippen molar-refractivity contribution in [2.24, 2.45) is 0 Å². The van der Waals surface area contributed by atoms with Crippen molar-refractivity contribution in [3.8, 4) is 0 Å². The summed E-state index contributed by atoms with van der Waals surface area (Å²) in [7, 11) is -1.91. The fraction of sp³-hybridized carbons (Fsp3) is 0.480. The zero-order valence-electron chi connectivity index (χ0n) is 19.5. The third kappa shape index (κ3) is 3.74. The topological polar surface area (TPSA) is 71.8 Å². The van der Waals surface area contributed by atoms with E-state index in [9.17, 15) is 13.2 Å². The smallest absolute Gasteiger partial charge is 0.258 e. The normalized spacial score (nSPS) is 21.4. The Morgan fingerprint density at radius 3 is 2.45 bits per heavy atom. The number of carbonyl (C=O) groups is 1. The average molecular weight is 470 g/mol. The third-order valence-electron chi connectivity index (χ3n) is 7.28. The monoisotopic (exact) mass is 469 g/mol. The summed E-state index contributed by atoms with van der Waals surface area (Å²) < 4.78 is 35.6. The van der Waals surface area contributed by atoms with Gasteiger partial charge in [-0.3, -0.25) is 4.79 Å². The van der Waals surface area contributed by atoms with Crippen LogP contribution in [-0.2, 0) is 19.6 Å². The van der Waals surface area contributed by atoms with Gasteiger partial charge in [0.25, 0.3) is 5.91 Å². The van der Waals surface area contributed by atoms with Gasteiger partial charge in [-0.2, -0.15) is 4.31 Å². The van der Waals surface area contributed by atoms with Gasteiger partial charge in [-0.05, 0) is 62.6 Å². The molecule has 7 nitrogen and oxygen atoms in total. The second kappa shape index (κ2) is 8.42. The summed E-state index contributed by atoms with van der Waals surface area (Å²) in [6, 6.07) is 7.66. The molecule has 2 fully saturated rings. The Labute approximate surface area is 195 Å². The van der Waals surface area contributed by atoms with E-state index in [0.29, 0.717) is 43.5 Å². The number of ether oxygens (including phenoxy) is 1. The van der Waals surface area contributed by atoms with E-state index in [2.05, 4.69) is 24.5 Å². The first kappa shape index (κ1) is 22.4. The molecule has 2 aromatic rings. The molecular weight excluding hydrogens is 438 g/mol. The molecule has 1 amide bonds. The van der Waals surface area contributed by atoms with Gasteiger partial charge in [0.05, 0.1) is 23.8 Å². The fourth-order valence-electron chi connectivity index (χ4n) is 5.49. The average Bonchev–Trinajstić information content (AvgIpc) is 3.49. The number of sulfonamides is 1. The molecule has 5 rings (SSSR count). The van der Waals surface area contributed by atoms with Crippen LogP contribution in [0.25, 0.3) is 11.6 Å². The second-order valence-corrected chi connectivity index (χ2v) is 11.2. The number of aryl methyl sites for hydroxylation is 1. The van der Waals surface area contributed by atoms with Crippen LogP contribution >= 0.6 is 0 Å². The number of aromatic nitrogens is 1. The Morgan fingerprint density at radius 1 is 1.06 bits per heavy atom. The first-order chi connectivity index (χ1) is 15.8. The number of rotatable bonds is 4. The Bertz CT molecular complexity index is 1230. The van der Waals surface area contributed by atoms with Gasteiger partial charge < -0.3 is 14.2 Å². The SMILES string of the molecule is Cc1cc(C=C2C(=O)N(C)c3ccc(S(=O)(=O)N4CCOCC4)cc32)c(C)n1C1CCCC1. The van der Waals surface area contributed by atoms with Crippen molar-refractivity contribution >= 4 is 33.3 Å². The highest BCUT2D eigenvalue weighted by atomic mass is 32.2. The lowest BCUT2D eigenvalue weighted by atomic mass is 10.0. The maximum atomic E-state index is 13.2. The molecule has 1 saturated heterocycles. The van der Waals surface area contributed by atoms with Crippen LogP contribution in [-0.4, -0.2) is 56.5 Å². The van der Waals surface area contributed by atoms with E-state index in [-0.39, 0.29) is 10.8 Å². The molecule has 33 heavy (non-hydrogen) atoms. The zero-order chi connectivity index (χ0) is 23.3. The van der Waals surface area contributed by atoms with Gasteiger partial charge in [0.2, 0.25) is 10.0 Å². The minimum absolute atomic E-state index is 0.114. The van der Waals surface area contributed by atoms with E-state index < -0.39 is 10.0 Å². The number of fused-ring (bicyclic) bond motifs is 1. The van der Waals surface area contributed by atoms with E-state index in [0.717, 1.165) is 16.9 Å². The lowest BCUT2D eigenvalue weighted by Crippen LogP contribution is -2.40. The molecule has 0 bridgehead atoms.